The van der Waals surface area contributed by atoms with Crippen LogP contribution in [0.3, 0.4) is 0 Å². The summed E-state index contributed by atoms with van der Waals surface area (Å²) in [4.78, 5) is 12.4. The molecule has 0 unspecified atom stereocenters. The average Bonchev–Trinajstić information content (AvgIpc) is 2.74. The summed E-state index contributed by atoms with van der Waals surface area (Å²) < 4.78 is 43.0. The van der Waals surface area contributed by atoms with Gasteiger partial charge in [-0.25, -0.2) is 13.2 Å². The van der Waals surface area contributed by atoms with E-state index in [0.29, 0.717) is 28.8 Å². The van der Waals surface area contributed by atoms with Gasteiger partial charge in [-0.1, -0.05) is 29.3 Å². The highest BCUT2D eigenvalue weighted by molar-refractivity contribution is 7.89. The monoisotopic (exact) mass is 459 g/mol. The topological polar surface area (TPSA) is 82.1 Å². The van der Waals surface area contributed by atoms with E-state index in [-0.39, 0.29) is 35.9 Å². The van der Waals surface area contributed by atoms with E-state index in [1.165, 1.54) is 29.6 Å². The number of nitrogens with zero attached hydrogens (tertiary/aromatic N) is 1. The third-order valence-electron chi connectivity index (χ3n) is 4.34. The molecule has 0 amide bonds. The van der Waals surface area contributed by atoms with Gasteiger partial charge in [0.2, 0.25) is 10.0 Å². The molecule has 0 N–H and O–H groups in total. The Morgan fingerprint density at radius 1 is 1.10 bits per heavy atom. The highest BCUT2D eigenvalue weighted by Gasteiger charge is 2.30. The second-order valence-corrected chi connectivity index (χ2v) is 8.93. The van der Waals surface area contributed by atoms with Crippen LogP contribution >= 0.6 is 23.2 Å². The van der Waals surface area contributed by atoms with Crippen molar-refractivity contribution in [3.8, 4) is 5.75 Å². The molecule has 0 spiro atoms. The quantitative estimate of drug-likeness (QED) is 0.615. The lowest BCUT2D eigenvalue weighted by atomic mass is 10.2. The smallest absolute Gasteiger partial charge is 0.338 e. The molecule has 156 valence electrons. The number of benzene rings is 2. The zero-order valence-electron chi connectivity index (χ0n) is 15.6. The van der Waals surface area contributed by atoms with Gasteiger partial charge in [0.15, 0.2) is 0 Å². The normalized spacial score (nSPS) is 15.1. The third-order valence-corrected chi connectivity index (χ3v) is 7.00. The number of morpholine rings is 1. The standard InChI is InChI=1S/C19H19Cl2NO6S/c1-26-17-5-3-14(11-18(17)29(24,25)22-6-8-27-9-7-22)19(23)28-12-13-2-4-15(20)16(21)10-13/h2-5,10-11H,6-9,12H2,1H3. The van der Waals surface area contributed by atoms with E-state index < -0.39 is 16.0 Å². The number of carbonyl (C=O) groups excluding carboxylic acids is 1. The van der Waals surface area contributed by atoms with E-state index in [2.05, 4.69) is 0 Å². The van der Waals surface area contributed by atoms with Crippen molar-refractivity contribution >= 4 is 39.2 Å². The van der Waals surface area contributed by atoms with Crippen LogP contribution in [0, 0.1) is 0 Å². The van der Waals surface area contributed by atoms with Crippen molar-refractivity contribution in [1.29, 1.82) is 0 Å². The molecule has 10 heteroatoms. The Labute approximate surface area is 179 Å². The summed E-state index contributed by atoms with van der Waals surface area (Å²) in [5.74, 6) is -0.519. The van der Waals surface area contributed by atoms with Gasteiger partial charge < -0.3 is 14.2 Å². The van der Waals surface area contributed by atoms with Crippen molar-refractivity contribution in [1.82, 2.24) is 4.31 Å². The number of rotatable bonds is 6. The molecule has 2 aromatic carbocycles. The molecule has 1 saturated heterocycles. The van der Waals surface area contributed by atoms with Crippen molar-refractivity contribution in [2.75, 3.05) is 33.4 Å². The fraction of sp³-hybridized carbons (Fsp3) is 0.316. The number of hydrogen-bond donors (Lipinski definition) is 0. The largest absolute Gasteiger partial charge is 0.495 e. The van der Waals surface area contributed by atoms with Crippen molar-refractivity contribution in [2.24, 2.45) is 0 Å². The van der Waals surface area contributed by atoms with Gasteiger partial charge in [0.25, 0.3) is 0 Å². The maximum atomic E-state index is 13.0. The van der Waals surface area contributed by atoms with Crippen LogP contribution in [0.25, 0.3) is 0 Å². The zero-order chi connectivity index (χ0) is 21.0. The first kappa shape index (κ1) is 21.9. The molecular weight excluding hydrogens is 441 g/mol. The van der Waals surface area contributed by atoms with E-state index in [1.54, 1.807) is 18.2 Å². The minimum absolute atomic E-state index is 0.0344. The summed E-state index contributed by atoms with van der Waals surface area (Å²) in [6.07, 6.45) is 0. The molecule has 1 fully saturated rings. The van der Waals surface area contributed by atoms with Gasteiger partial charge in [-0.2, -0.15) is 4.31 Å². The minimum atomic E-state index is -3.85. The van der Waals surface area contributed by atoms with Crippen molar-refractivity contribution in [2.45, 2.75) is 11.5 Å². The Hall–Kier alpha value is -1.84. The molecule has 0 atom stereocenters. The summed E-state index contributed by atoms with van der Waals surface area (Å²) >= 11 is 11.8. The summed E-state index contributed by atoms with van der Waals surface area (Å²) in [5, 5.41) is 0.749. The van der Waals surface area contributed by atoms with Gasteiger partial charge >= 0.3 is 5.97 Å². The molecule has 0 bridgehead atoms. The zero-order valence-corrected chi connectivity index (χ0v) is 17.9. The molecule has 2 aromatic rings. The van der Waals surface area contributed by atoms with Crippen molar-refractivity contribution in [3.63, 3.8) is 0 Å². The Balaban J connectivity index is 1.81. The summed E-state index contributed by atoms with van der Waals surface area (Å²) in [7, 11) is -2.48. The molecule has 7 nitrogen and oxygen atoms in total. The molecular formula is C19H19Cl2NO6S. The fourth-order valence-electron chi connectivity index (χ4n) is 2.79. The van der Waals surface area contributed by atoms with E-state index >= 15 is 0 Å². The van der Waals surface area contributed by atoms with Crippen LogP contribution in [-0.4, -0.2) is 52.1 Å². The minimum Gasteiger partial charge on any atom is -0.495 e. The second kappa shape index (κ2) is 9.32. The van der Waals surface area contributed by atoms with Gasteiger partial charge in [-0.15, -0.1) is 0 Å². The van der Waals surface area contributed by atoms with Crippen LogP contribution in [0.4, 0.5) is 0 Å². The highest BCUT2D eigenvalue weighted by Crippen LogP contribution is 2.29. The highest BCUT2D eigenvalue weighted by atomic mass is 35.5. The second-order valence-electron chi connectivity index (χ2n) is 6.21. The van der Waals surface area contributed by atoms with Crippen LogP contribution < -0.4 is 4.74 Å². The summed E-state index contributed by atoms with van der Waals surface area (Å²) in [6, 6.07) is 9.04. The van der Waals surface area contributed by atoms with Crippen LogP contribution in [0.1, 0.15) is 15.9 Å². The number of carbonyl (C=O) groups is 1. The van der Waals surface area contributed by atoms with E-state index in [4.69, 9.17) is 37.4 Å². The fourth-order valence-corrected chi connectivity index (χ4v) is 4.70. The SMILES string of the molecule is COc1ccc(C(=O)OCc2ccc(Cl)c(Cl)c2)cc1S(=O)(=O)N1CCOCC1. The first-order valence-electron chi connectivity index (χ1n) is 8.70. The van der Waals surface area contributed by atoms with Gasteiger partial charge in [-0.05, 0) is 35.9 Å². The molecule has 0 saturated carbocycles. The molecule has 1 aliphatic rings. The number of ether oxygens (including phenoxy) is 3. The lowest BCUT2D eigenvalue weighted by molar-refractivity contribution is 0.0472. The Bertz CT molecular complexity index is 1010. The van der Waals surface area contributed by atoms with Gasteiger partial charge in [0.1, 0.15) is 17.3 Å². The third kappa shape index (κ3) is 5.02. The predicted octanol–water partition coefficient (Wildman–Crippen LogP) is 3.38. The maximum absolute atomic E-state index is 13.0. The Morgan fingerprint density at radius 2 is 1.83 bits per heavy atom. The summed E-state index contributed by atoms with van der Waals surface area (Å²) in [5.41, 5.74) is 0.750. The first-order valence-corrected chi connectivity index (χ1v) is 10.9. The lowest BCUT2D eigenvalue weighted by Gasteiger charge is -2.26. The number of hydrogen-bond acceptors (Lipinski definition) is 6. The van der Waals surface area contributed by atoms with Gasteiger partial charge in [0.05, 0.1) is 35.9 Å². The number of sulfonamides is 1. The van der Waals surface area contributed by atoms with Gasteiger partial charge in [-0.3, -0.25) is 0 Å². The van der Waals surface area contributed by atoms with Crippen LogP contribution in [0.15, 0.2) is 41.3 Å². The molecule has 0 radical (unpaired) electrons. The van der Waals surface area contributed by atoms with Crippen molar-refractivity contribution in [3.05, 3.63) is 57.6 Å². The predicted molar refractivity (Wildman–Crippen MR) is 108 cm³/mol. The van der Waals surface area contributed by atoms with E-state index in [0.717, 1.165) is 0 Å². The van der Waals surface area contributed by atoms with E-state index in [1.807, 2.05) is 0 Å². The lowest BCUT2D eigenvalue weighted by Crippen LogP contribution is -2.40. The molecule has 0 aliphatic carbocycles. The number of methoxy groups -OCH3 is 1. The Kier molecular flexibility index (Phi) is 7.02. The number of esters is 1. The number of halogens is 2. The van der Waals surface area contributed by atoms with Crippen molar-refractivity contribution < 1.29 is 27.4 Å². The molecule has 1 heterocycles. The summed E-state index contributed by atoms with van der Waals surface area (Å²) in [6.45, 7) is 1.06. The molecule has 3 rings (SSSR count). The molecule has 0 aromatic heterocycles. The van der Waals surface area contributed by atoms with E-state index in [9.17, 15) is 13.2 Å². The van der Waals surface area contributed by atoms with Crippen LogP contribution in [0.5, 0.6) is 5.75 Å². The first-order chi connectivity index (χ1) is 13.8. The Morgan fingerprint density at radius 3 is 2.48 bits per heavy atom. The molecule has 29 heavy (non-hydrogen) atoms. The average molecular weight is 460 g/mol. The molecule has 1 aliphatic heterocycles. The van der Waals surface area contributed by atoms with Crippen LogP contribution in [0.2, 0.25) is 10.0 Å². The maximum Gasteiger partial charge on any atom is 0.338 e. The van der Waals surface area contributed by atoms with Gasteiger partial charge in [0, 0.05) is 13.1 Å². The van der Waals surface area contributed by atoms with Crippen LogP contribution in [-0.2, 0) is 26.1 Å².